The lowest BCUT2D eigenvalue weighted by atomic mass is 10.1. The van der Waals surface area contributed by atoms with Crippen molar-refractivity contribution in [3.05, 3.63) is 35.9 Å². The van der Waals surface area contributed by atoms with Gasteiger partial charge in [0.2, 0.25) is 5.84 Å². The van der Waals surface area contributed by atoms with E-state index >= 15 is 0 Å². The van der Waals surface area contributed by atoms with E-state index in [1.807, 2.05) is 0 Å². The number of hydrogen-bond acceptors (Lipinski definition) is 4. The number of rotatable bonds is 2. The van der Waals surface area contributed by atoms with Crippen molar-refractivity contribution in [2.75, 3.05) is 0 Å². The fraction of sp³-hybridized carbons (Fsp3) is 0.562. The van der Waals surface area contributed by atoms with Crippen LogP contribution in [0.25, 0.3) is 0 Å². The van der Waals surface area contributed by atoms with E-state index in [0.717, 1.165) is 6.42 Å². The molecule has 0 bridgehead atoms. The van der Waals surface area contributed by atoms with Crippen LogP contribution >= 0.6 is 0 Å². The number of halogens is 1. The molecule has 0 aliphatic heterocycles. The second-order valence-corrected chi connectivity index (χ2v) is 8.02. The summed E-state index contributed by atoms with van der Waals surface area (Å²) in [7, 11) is -4.94. The van der Waals surface area contributed by atoms with Gasteiger partial charge in [-0.05, 0) is 47.1 Å². The summed E-state index contributed by atoms with van der Waals surface area (Å²) >= 11 is 0. The molecule has 0 atom stereocenters. The standard InChI is InChI=1S/C16H26N2.ClHO4/c1-15(2,3)17-14(18-16(4,5)6)12-13-10-8-7-9-11-13;2-1(3,4)5/h7-11H,12H2,1-6H3,(H,17,18);(H,2,3,4,5). The van der Waals surface area contributed by atoms with Crippen molar-refractivity contribution in [3.8, 4) is 0 Å². The Morgan fingerprint density at radius 2 is 1.39 bits per heavy atom. The zero-order valence-electron chi connectivity index (χ0n) is 14.6. The quantitative estimate of drug-likeness (QED) is 0.441. The first-order chi connectivity index (χ1) is 10.2. The van der Waals surface area contributed by atoms with Crippen LogP contribution in [0.5, 0.6) is 0 Å². The van der Waals surface area contributed by atoms with Crippen molar-refractivity contribution in [1.29, 1.82) is 0 Å². The average molecular weight is 347 g/mol. The first kappa shape index (κ1) is 21.8. The predicted octanol–water partition coefficient (Wildman–Crippen LogP) is -2.86. The molecule has 0 aliphatic rings. The maximum Gasteiger partial charge on any atom is 0.247 e. The Morgan fingerprint density at radius 1 is 0.957 bits per heavy atom. The van der Waals surface area contributed by atoms with Gasteiger partial charge in [-0.2, -0.15) is 0 Å². The number of hydrogen-bond donors (Lipinski definition) is 2. The van der Waals surface area contributed by atoms with E-state index in [1.165, 1.54) is 11.4 Å². The molecule has 0 amide bonds. The third-order valence-electron chi connectivity index (χ3n) is 2.28. The highest BCUT2D eigenvalue weighted by atomic mass is 35.7. The van der Waals surface area contributed by atoms with Gasteiger partial charge in [0.05, 0.1) is 17.5 Å². The van der Waals surface area contributed by atoms with E-state index in [4.69, 9.17) is 18.6 Å². The summed E-state index contributed by atoms with van der Waals surface area (Å²) in [5.41, 5.74) is 1.46. The smallest absolute Gasteiger partial charge is 0.247 e. The molecule has 23 heavy (non-hydrogen) atoms. The molecule has 1 rings (SSSR count). The number of amidine groups is 1. The highest BCUT2D eigenvalue weighted by Gasteiger charge is 2.22. The monoisotopic (exact) mass is 346 g/mol. The molecular formula is C16H27ClN2O4. The van der Waals surface area contributed by atoms with Gasteiger partial charge in [0.25, 0.3) is 0 Å². The molecule has 0 fully saturated rings. The molecule has 0 aliphatic carbocycles. The second kappa shape index (κ2) is 8.61. The summed E-state index contributed by atoms with van der Waals surface area (Å²) in [6.07, 6.45) is 0.912. The molecule has 0 saturated heterocycles. The van der Waals surface area contributed by atoms with Crippen LogP contribution in [0.4, 0.5) is 0 Å². The molecular weight excluding hydrogens is 320 g/mol. The molecule has 0 unspecified atom stereocenters. The van der Waals surface area contributed by atoms with Gasteiger partial charge in [-0.3, -0.25) is 10.3 Å². The molecule has 0 heterocycles. The summed E-state index contributed by atoms with van der Waals surface area (Å²) in [5, 5.41) is 3.57. The van der Waals surface area contributed by atoms with Crippen molar-refractivity contribution in [3.63, 3.8) is 0 Å². The SMILES string of the molecule is CC(C)(C)NC(Cc1ccccc1)=[NH+]C(C)(C)C.[O-][Cl+3]([O-])([O-])[O-]. The zero-order chi connectivity index (χ0) is 18.3. The summed E-state index contributed by atoms with van der Waals surface area (Å²) in [4.78, 5) is 3.57. The Bertz CT molecular complexity index is 480. The zero-order valence-corrected chi connectivity index (χ0v) is 15.4. The molecule has 6 nitrogen and oxygen atoms in total. The van der Waals surface area contributed by atoms with Crippen molar-refractivity contribution < 1.29 is 33.9 Å². The van der Waals surface area contributed by atoms with Crippen LogP contribution in [-0.4, -0.2) is 16.9 Å². The van der Waals surface area contributed by atoms with Crippen LogP contribution < -0.4 is 28.9 Å². The molecule has 1 aromatic carbocycles. The van der Waals surface area contributed by atoms with E-state index in [2.05, 4.69) is 82.2 Å². The van der Waals surface area contributed by atoms with E-state index in [0.29, 0.717) is 0 Å². The summed E-state index contributed by atoms with van der Waals surface area (Å²) in [6.45, 7) is 13.1. The molecule has 0 aromatic heterocycles. The maximum atomic E-state index is 8.49. The van der Waals surface area contributed by atoms with Gasteiger partial charge in [-0.1, -0.05) is 30.3 Å². The maximum absolute atomic E-state index is 8.49. The largest absolute Gasteiger partial charge is 0.274 e. The number of benzene rings is 1. The molecule has 1 aromatic rings. The van der Waals surface area contributed by atoms with Crippen LogP contribution in [0.3, 0.4) is 0 Å². The average Bonchev–Trinajstić information content (AvgIpc) is 2.22. The van der Waals surface area contributed by atoms with E-state index in [1.54, 1.807) is 0 Å². The van der Waals surface area contributed by atoms with Crippen LogP contribution in [0, 0.1) is 10.2 Å². The lowest BCUT2D eigenvalue weighted by Crippen LogP contribution is -2.87. The molecule has 7 heteroatoms. The highest BCUT2D eigenvalue weighted by Crippen LogP contribution is 2.03. The third-order valence-corrected chi connectivity index (χ3v) is 2.28. The van der Waals surface area contributed by atoms with Gasteiger partial charge in [0.1, 0.15) is 0 Å². The van der Waals surface area contributed by atoms with E-state index in [-0.39, 0.29) is 11.1 Å². The lowest BCUT2D eigenvalue weighted by Gasteiger charge is -2.20. The van der Waals surface area contributed by atoms with Crippen LogP contribution in [0.15, 0.2) is 30.3 Å². The summed E-state index contributed by atoms with van der Waals surface area (Å²) in [6, 6.07) is 10.5. The van der Waals surface area contributed by atoms with Gasteiger partial charge >= 0.3 is 0 Å². The van der Waals surface area contributed by atoms with Crippen molar-refractivity contribution in [2.45, 2.75) is 59.0 Å². The first-order valence-corrected chi connectivity index (χ1v) is 8.47. The Morgan fingerprint density at radius 3 is 1.74 bits per heavy atom. The first-order valence-electron chi connectivity index (χ1n) is 7.24. The van der Waals surface area contributed by atoms with Crippen molar-refractivity contribution >= 4 is 5.84 Å². The predicted molar refractivity (Wildman–Crippen MR) is 78.8 cm³/mol. The lowest BCUT2D eigenvalue weighted by molar-refractivity contribution is -2.00. The van der Waals surface area contributed by atoms with Crippen molar-refractivity contribution in [1.82, 2.24) is 5.32 Å². The van der Waals surface area contributed by atoms with E-state index in [9.17, 15) is 0 Å². The summed E-state index contributed by atoms with van der Waals surface area (Å²) in [5.74, 6) is 1.18. The molecule has 132 valence electrons. The van der Waals surface area contributed by atoms with Gasteiger partial charge < -0.3 is 0 Å². The van der Waals surface area contributed by atoms with Gasteiger partial charge in [-0.15, -0.1) is 10.2 Å². The Labute approximate surface area is 140 Å². The third kappa shape index (κ3) is 17.0. The minimum absolute atomic E-state index is 0.0718. The fourth-order valence-corrected chi connectivity index (χ4v) is 1.82. The molecule has 0 radical (unpaired) electrons. The van der Waals surface area contributed by atoms with Crippen LogP contribution in [0.2, 0.25) is 0 Å². The van der Waals surface area contributed by atoms with E-state index < -0.39 is 10.2 Å². The second-order valence-electron chi connectivity index (χ2n) is 7.27. The summed E-state index contributed by atoms with van der Waals surface area (Å²) < 4.78 is 34.0. The van der Waals surface area contributed by atoms with Gasteiger partial charge in [-0.25, -0.2) is 18.6 Å². The van der Waals surface area contributed by atoms with Gasteiger partial charge in [0.15, 0.2) is 0 Å². The molecule has 0 spiro atoms. The molecule has 0 saturated carbocycles. The normalized spacial score (nSPS) is 13.2. The Balaban J connectivity index is 0.000000841. The Hall–Kier alpha value is -1.18. The fourth-order valence-electron chi connectivity index (χ4n) is 1.82. The van der Waals surface area contributed by atoms with Gasteiger partial charge in [0, 0.05) is 0 Å². The topological polar surface area (TPSA) is 118 Å². The highest BCUT2D eigenvalue weighted by molar-refractivity contribution is 5.79. The number of nitrogens with one attached hydrogen (secondary N) is 2. The Kier molecular flexibility index (Phi) is 8.17. The molecule has 2 N–H and O–H groups in total. The van der Waals surface area contributed by atoms with Crippen molar-refractivity contribution in [2.24, 2.45) is 0 Å². The van der Waals surface area contributed by atoms with Crippen LogP contribution in [-0.2, 0) is 6.42 Å². The van der Waals surface area contributed by atoms with Crippen LogP contribution in [0.1, 0.15) is 47.1 Å². The minimum atomic E-state index is -4.94. The minimum Gasteiger partial charge on any atom is -0.274 e.